The van der Waals surface area contributed by atoms with Crippen LogP contribution in [0, 0.1) is 0 Å². The molecule has 0 N–H and O–H groups in total. The van der Waals surface area contributed by atoms with Crippen molar-refractivity contribution in [2.75, 3.05) is 13.2 Å². The Morgan fingerprint density at radius 2 is 1.34 bits per heavy atom. The van der Waals surface area contributed by atoms with Crippen molar-refractivity contribution in [1.82, 2.24) is 0 Å². The number of ether oxygens (including phenoxy) is 3. The summed E-state index contributed by atoms with van der Waals surface area (Å²) in [5.74, 6) is 0.0304. The highest BCUT2D eigenvalue weighted by Gasteiger charge is 2.37. The van der Waals surface area contributed by atoms with E-state index in [2.05, 4.69) is 0 Å². The van der Waals surface area contributed by atoms with Crippen LogP contribution in [0.4, 0.5) is 26.3 Å². The molecule has 0 saturated heterocycles. The maximum absolute atomic E-state index is 12.8. The Bertz CT molecular complexity index is 752. The van der Waals surface area contributed by atoms with Crippen LogP contribution in [0.5, 0.6) is 11.5 Å². The summed E-state index contributed by atoms with van der Waals surface area (Å²) >= 11 is 0. The fourth-order valence-corrected chi connectivity index (χ4v) is 2.41. The molecular weight excluding hydrogens is 402 g/mol. The van der Waals surface area contributed by atoms with Crippen molar-refractivity contribution in [3.63, 3.8) is 0 Å². The maximum atomic E-state index is 12.8. The van der Waals surface area contributed by atoms with Crippen LogP contribution < -0.4 is 9.47 Å². The zero-order valence-corrected chi connectivity index (χ0v) is 15.7. The molecule has 1 atom stereocenters. The Hall–Kier alpha value is -2.42. The van der Waals surface area contributed by atoms with Gasteiger partial charge in [-0.05, 0) is 49.2 Å². The van der Waals surface area contributed by atoms with E-state index in [1.54, 1.807) is 19.1 Å². The second-order valence-electron chi connectivity index (χ2n) is 6.14. The van der Waals surface area contributed by atoms with Crippen LogP contribution in [0.2, 0.25) is 0 Å². The molecule has 0 spiro atoms. The Labute approximate surface area is 164 Å². The Morgan fingerprint density at radius 1 is 0.793 bits per heavy atom. The smallest absolute Gasteiger partial charge is 0.416 e. The molecule has 160 valence electrons. The first-order valence-electron chi connectivity index (χ1n) is 8.78. The van der Waals surface area contributed by atoms with E-state index in [4.69, 9.17) is 14.2 Å². The summed E-state index contributed by atoms with van der Waals surface area (Å²) in [6, 6.07) is 8.43. The second kappa shape index (κ2) is 9.39. The molecule has 0 heterocycles. The predicted octanol–water partition coefficient (Wildman–Crippen LogP) is 6.11. The van der Waals surface area contributed by atoms with Crippen molar-refractivity contribution >= 4 is 0 Å². The molecule has 2 aromatic carbocycles. The molecule has 0 aromatic heterocycles. The van der Waals surface area contributed by atoms with E-state index in [0.29, 0.717) is 17.9 Å². The Morgan fingerprint density at radius 3 is 1.83 bits per heavy atom. The van der Waals surface area contributed by atoms with Gasteiger partial charge < -0.3 is 14.2 Å². The number of benzene rings is 2. The van der Waals surface area contributed by atoms with Gasteiger partial charge in [-0.2, -0.15) is 26.3 Å². The molecule has 29 heavy (non-hydrogen) atoms. The summed E-state index contributed by atoms with van der Waals surface area (Å²) in [6.45, 7) is 3.29. The normalized spacial score (nSPS) is 13.2. The van der Waals surface area contributed by atoms with Gasteiger partial charge in [0.15, 0.2) is 6.29 Å². The third-order valence-electron chi connectivity index (χ3n) is 3.90. The van der Waals surface area contributed by atoms with E-state index in [9.17, 15) is 26.3 Å². The van der Waals surface area contributed by atoms with Gasteiger partial charge in [-0.1, -0.05) is 19.1 Å². The van der Waals surface area contributed by atoms with Crippen LogP contribution in [-0.2, 0) is 23.5 Å². The van der Waals surface area contributed by atoms with E-state index in [-0.39, 0.29) is 19.3 Å². The van der Waals surface area contributed by atoms with Gasteiger partial charge in [0, 0.05) is 0 Å². The third-order valence-corrected chi connectivity index (χ3v) is 3.90. The van der Waals surface area contributed by atoms with E-state index in [0.717, 1.165) is 12.0 Å². The lowest BCUT2D eigenvalue weighted by Crippen LogP contribution is -2.20. The van der Waals surface area contributed by atoms with Gasteiger partial charge in [0.05, 0.1) is 17.7 Å². The van der Waals surface area contributed by atoms with Gasteiger partial charge in [-0.15, -0.1) is 0 Å². The first kappa shape index (κ1) is 22.9. The third kappa shape index (κ3) is 7.16. The summed E-state index contributed by atoms with van der Waals surface area (Å²) in [5.41, 5.74) is -1.73. The van der Waals surface area contributed by atoms with Crippen molar-refractivity contribution in [3.8, 4) is 11.5 Å². The molecule has 0 aliphatic rings. The molecule has 0 bridgehead atoms. The number of halogens is 6. The van der Waals surface area contributed by atoms with Crippen LogP contribution in [0.25, 0.3) is 0 Å². The minimum atomic E-state index is -4.93. The van der Waals surface area contributed by atoms with Gasteiger partial charge in [-0.3, -0.25) is 0 Å². The molecule has 0 aliphatic heterocycles. The van der Waals surface area contributed by atoms with E-state index in [1.807, 2.05) is 19.1 Å². The molecule has 2 aromatic rings. The zero-order chi connectivity index (χ0) is 21.7. The van der Waals surface area contributed by atoms with Gasteiger partial charge in [0.2, 0.25) is 0 Å². The molecule has 0 radical (unpaired) electrons. The highest BCUT2D eigenvalue weighted by atomic mass is 19.4. The van der Waals surface area contributed by atoms with Crippen molar-refractivity contribution in [1.29, 1.82) is 0 Å². The second-order valence-corrected chi connectivity index (χ2v) is 6.14. The lowest BCUT2D eigenvalue weighted by atomic mass is 10.1. The summed E-state index contributed by atoms with van der Waals surface area (Å²) in [5, 5.41) is 0. The standard InChI is InChI=1S/C20H20F6O3/c1-3-14-4-6-17(7-5-14)29-13(2)27-8-9-28-18-11-15(19(21,22)23)10-16(12-18)20(24,25)26/h4-7,10-13H,3,8-9H2,1-2H3. The van der Waals surface area contributed by atoms with Gasteiger partial charge in [-0.25, -0.2) is 0 Å². The molecule has 1 unspecified atom stereocenters. The zero-order valence-electron chi connectivity index (χ0n) is 15.7. The molecule has 0 amide bonds. The van der Waals surface area contributed by atoms with Crippen LogP contribution >= 0.6 is 0 Å². The average Bonchev–Trinajstić information content (AvgIpc) is 2.64. The molecule has 0 fully saturated rings. The molecule has 0 aliphatic carbocycles. The van der Waals surface area contributed by atoms with Crippen LogP contribution in [-0.4, -0.2) is 19.5 Å². The van der Waals surface area contributed by atoms with Gasteiger partial charge in [0.1, 0.15) is 18.1 Å². The van der Waals surface area contributed by atoms with Crippen LogP contribution in [0.1, 0.15) is 30.5 Å². The number of aryl methyl sites for hydroxylation is 1. The highest BCUT2D eigenvalue weighted by molar-refractivity contribution is 5.37. The summed E-state index contributed by atoms with van der Waals surface area (Å²) < 4.78 is 92.8. The predicted molar refractivity (Wildman–Crippen MR) is 93.8 cm³/mol. The van der Waals surface area contributed by atoms with E-state index in [1.165, 1.54) is 0 Å². The lowest BCUT2D eigenvalue weighted by Gasteiger charge is -2.17. The number of hydrogen-bond acceptors (Lipinski definition) is 3. The minimum Gasteiger partial charge on any atom is -0.491 e. The molecular formula is C20H20F6O3. The van der Waals surface area contributed by atoms with Crippen LogP contribution in [0.3, 0.4) is 0 Å². The molecule has 9 heteroatoms. The monoisotopic (exact) mass is 422 g/mol. The highest BCUT2D eigenvalue weighted by Crippen LogP contribution is 2.38. The van der Waals surface area contributed by atoms with E-state index >= 15 is 0 Å². The molecule has 3 nitrogen and oxygen atoms in total. The quantitative estimate of drug-likeness (QED) is 0.292. The summed E-state index contributed by atoms with van der Waals surface area (Å²) in [6.07, 6.45) is -9.65. The van der Waals surface area contributed by atoms with Gasteiger partial charge in [0.25, 0.3) is 0 Å². The van der Waals surface area contributed by atoms with Crippen molar-refractivity contribution in [2.24, 2.45) is 0 Å². The number of rotatable bonds is 8. The minimum absolute atomic E-state index is 0.0447. The fourth-order valence-electron chi connectivity index (χ4n) is 2.41. The fraction of sp³-hybridized carbons (Fsp3) is 0.400. The van der Waals surface area contributed by atoms with E-state index < -0.39 is 35.5 Å². The lowest BCUT2D eigenvalue weighted by molar-refractivity contribution is -0.143. The molecule has 0 saturated carbocycles. The average molecular weight is 422 g/mol. The SMILES string of the molecule is CCc1ccc(OC(C)OCCOc2cc(C(F)(F)F)cc(C(F)(F)F)c2)cc1. The number of hydrogen-bond donors (Lipinski definition) is 0. The largest absolute Gasteiger partial charge is 0.491 e. The van der Waals surface area contributed by atoms with Crippen LogP contribution in [0.15, 0.2) is 42.5 Å². The van der Waals surface area contributed by atoms with Gasteiger partial charge >= 0.3 is 12.4 Å². The molecule has 2 rings (SSSR count). The first-order valence-corrected chi connectivity index (χ1v) is 8.78. The van der Waals surface area contributed by atoms with Crippen molar-refractivity contribution < 1.29 is 40.6 Å². The first-order chi connectivity index (χ1) is 13.5. The summed E-state index contributed by atoms with van der Waals surface area (Å²) in [7, 11) is 0. The Balaban J connectivity index is 1.90. The van der Waals surface area contributed by atoms with Crippen molar-refractivity contribution in [3.05, 3.63) is 59.2 Å². The Kier molecular flexibility index (Phi) is 7.40. The maximum Gasteiger partial charge on any atom is 0.416 e. The summed E-state index contributed by atoms with van der Waals surface area (Å²) in [4.78, 5) is 0. The number of alkyl halides is 6. The topological polar surface area (TPSA) is 27.7 Å². The van der Waals surface area contributed by atoms with Crippen molar-refractivity contribution in [2.45, 2.75) is 38.9 Å².